The van der Waals surface area contributed by atoms with E-state index < -0.39 is 8.07 Å². The van der Waals surface area contributed by atoms with Crippen molar-refractivity contribution in [2.45, 2.75) is 71.5 Å². The second-order valence-electron chi connectivity index (χ2n) is 12.3. The van der Waals surface area contributed by atoms with Crippen molar-refractivity contribution in [2.75, 3.05) is 0 Å². The molecule has 0 saturated heterocycles. The second kappa shape index (κ2) is 18.9. The van der Waals surface area contributed by atoms with Crippen molar-refractivity contribution in [1.29, 1.82) is 0 Å². The maximum Gasteiger partial charge on any atom is 3.00 e. The van der Waals surface area contributed by atoms with E-state index in [4.69, 9.17) is 20.6 Å². The van der Waals surface area contributed by atoms with Gasteiger partial charge in [-0.1, -0.05) is 140 Å². The second-order valence-corrected chi connectivity index (χ2v) is 17.5. The van der Waals surface area contributed by atoms with Gasteiger partial charge in [0.1, 0.15) is 0 Å². The first-order chi connectivity index (χ1) is 20.5. The van der Waals surface area contributed by atoms with E-state index in [0.29, 0.717) is 0 Å². The number of hydrogen-bond acceptors (Lipinski definition) is 2. The SMILES string of the molecule is CC(C)N=c1cccccc1[N-]C(c1ccccc1)C([N-]c1cccccc1=NC(C)C)c1ccccc1.[CH2-][Si](C)(C)C.[Lu+3]. The molecule has 4 nitrogen and oxygen atoms in total. The van der Waals surface area contributed by atoms with Gasteiger partial charge < -0.3 is 17.2 Å². The first-order valence-electron chi connectivity index (χ1n) is 15.1. The van der Waals surface area contributed by atoms with Crippen molar-refractivity contribution in [3.05, 3.63) is 160 Å². The molecule has 0 aliphatic heterocycles. The van der Waals surface area contributed by atoms with Crippen LogP contribution >= 0.6 is 0 Å². The molecule has 4 aromatic carbocycles. The smallest absolute Gasteiger partial charge is 0.677 e. The molecule has 0 fully saturated rings. The molecule has 4 rings (SSSR count). The van der Waals surface area contributed by atoms with E-state index in [0.717, 1.165) is 33.2 Å². The minimum absolute atomic E-state index is 0. The minimum Gasteiger partial charge on any atom is -0.677 e. The summed E-state index contributed by atoms with van der Waals surface area (Å²) in [5.74, 6) is 0. The van der Waals surface area contributed by atoms with Crippen LogP contribution in [0.1, 0.15) is 50.9 Å². The zero-order valence-corrected chi connectivity index (χ0v) is 29.8. The first kappa shape index (κ1) is 37.5. The minimum atomic E-state index is -0.861. The molecule has 0 saturated carbocycles. The molecular formula is C38H47LuN4Si. The van der Waals surface area contributed by atoms with Gasteiger partial charge in [-0.2, -0.15) is 0 Å². The zero-order chi connectivity index (χ0) is 31.2. The first-order valence-corrected chi connectivity index (χ1v) is 18.9. The molecule has 0 spiro atoms. The van der Waals surface area contributed by atoms with E-state index in [2.05, 4.69) is 102 Å². The van der Waals surface area contributed by atoms with E-state index in [1.807, 2.05) is 72.8 Å². The molecule has 4 aromatic rings. The summed E-state index contributed by atoms with van der Waals surface area (Å²) >= 11 is 0. The fraction of sp³-hybridized carbons (Fsp3) is 0.289. The third-order valence-electron chi connectivity index (χ3n) is 5.92. The average molecular weight is 763 g/mol. The van der Waals surface area contributed by atoms with Crippen LogP contribution < -0.4 is 10.7 Å². The maximum absolute atomic E-state index is 5.38. The Kier molecular flexibility index (Phi) is 16.1. The molecule has 0 aromatic heterocycles. The van der Waals surface area contributed by atoms with Crippen molar-refractivity contribution in [2.24, 2.45) is 9.98 Å². The molecule has 2 unspecified atom stereocenters. The van der Waals surface area contributed by atoms with Gasteiger partial charge in [0.2, 0.25) is 0 Å². The van der Waals surface area contributed by atoms with Gasteiger partial charge in [-0.05, 0) is 39.8 Å². The molecule has 2 atom stereocenters. The van der Waals surface area contributed by atoms with Gasteiger partial charge in [-0.3, -0.25) is 9.98 Å². The van der Waals surface area contributed by atoms with Crippen LogP contribution in [-0.4, -0.2) is 20.2 Å². The third-order valence-corrected chi connectivity index (χ3v) is 5.92. The fourth-order valence-corrected chi connectivity index (χ4v) is 4.30. The maximum atomic E-state index is 5.38. The molecule has 0 aliphatic carbocycles. The van der Waals surface area contributed by atoms with Crippen LogP contribution in [-0.2, 0) is 0 Å². The van der Waals surface area contributed by atoms with Crippen LogP contribution in [0.15, 0.2) is 131 Å². The molecule has 0 N–H and O–H groups in total. The summed E-state index contributed by atoms with van der Waals surface area (Å²) in [6.45, 7) is 18.9. The predicted molar refractivity (Wildman–Crippen MR) is 187 cm³/mol. The van der Waals surface area contributed by atoms with Crippen LogP contribution in [0.5, 0.6) is 0 Å². The van der Waals surface area contributed by atoms with Gasteiger partial charge in [-0.15, -0.1) is 31.5 Å². The topological polar surface area (TPSA) is 52.9 Å². The summed E-state index contributed by atoms with van der Waals surface area (Å²) in [5, 5.41) is 12.5. The Bertz CT molecular complexity index is 1420. The predicted octanol–water partition coefficient (Wildman–Crippen LogP) is 10.2. The van der Waals surface area contributed by atoms with Crippen molar-refractivity contribution >= 4 is 19.4 Å². The van der Waals surface area contributed by atoms with Crippen LogP contribution in [0.3, 0.4) is 0 Å². The van der Waals surface area contributed by atoms with Gasteiger partial charge in [0, 0.05) is 22.8 Å². The molecule has 6 heteroatoms. The molecule has 0 bridgehead atoms. The molecular weight excluding hydrogens is 715 g/mol. The third kappa shape index (κ3) is 13.5. The number of hydrogen-bond donors (Lipinski definition) is 0. The molecule has 0 heterocycles. The Morgan fingerprint density at radius 3 is 1.07 bits per heavy atom. The Morgan fingerprint density at radius 2 is 0.773 bits per heavy atom. The molecule has 0 amide bonds. The van der Waals surface area contributed by atoms with Crippen LogP contribution in [0.25, 0.3) is 10.6 Å². The van der Waals surface area contributed by atoms with E-state index in [-0.39, 0.29) is 61.0 Å². The largest absolute Gasteiger partial charge is 3.00 e. The quantitative estimate of drug-likeness (QED) is 0.121. The molecule has 0 radical (unpaired) electrons. The van der Waals surface area contributed by atoms with Gasteiger partial charge in [0.25, 0.3) is 0 Å². The summed E-state index contributed by atoms with van der Waals surface area (Å²) in [6, 6.07) is 40.8. The van der Waals surface area contributed by atoms with Crippen LogP contribution in [0.4, 0.5) is 11.4 Å². The number of nitrogens with zero attached hydrogens (tertiary/aromatic N) is 4. The van der Waals surface area contributed by atoms with Gasteiger partial charge >= 0.3 is 36.9 Å². The Balaban J connectivity index is 0.00000104. The van der Waals surface area contributed by atoms with Gasteiger partial charge in [0.05, 0.1) is 0 Å². The molecule has 0 aliphatic rings. The van der Waals surface area contributed by atoms with Crippen LogP contribution in [0, 0.1) is 43.4 Å². The average Bonchev–Trinajstić information content (AvgIpc) is 3.30. The van der Waals surface area contributed by atoms with E-state index in [9.17, 15) is 0 Å². The zero-order valence-electron chi connectivity index (χ0n) is 27.1. The molecule has 44 heavy (non-hydrogen) atoms. The molecule has 238 valence electrons. The van der Waals surface area contributed by atoms with Crippen LogP contribution in [0.2, 0.25) is 19.6 Å². The van der Waals surface area contributed by atoms with Crippen molar-refractivity contribution in [1.82, 2.24) is 0 Å². The monoisotopic (exact) mass is 762 g/mol. The van der Waals surface area contributed by atoms with Crippen molar-refractivity contribution in [3.8, 4) is 0 Å². The summed E-state index contributed by atoms with van der Waals surface area (Å²) in [5.41, 5.74) is 3.88. The summed E-state index contributed by atoms with van der Waals surface area (Å²) in [7, 11) is -0.861. The Labute approximate surface area is 296 Å². The normalized spacial score (nSPS) is 13.3. The van der Waals surface area contributed by atoms with Gasteiger partial charge in [-0.25, -0.2) is 0 Å². The summed E-state index contributed by atoms with van der Waals surface area (Å²) in [4.78, 5) is 9.76. The fourth-order valence-electron chi connectivity index (χ4n) is 4.30. The van der Waals surface area contributed by atoms with Crippen molar-refractivity contribution < 1.29 is 36.9 Å². The van der Waals surface area contributed by atoms with Gasteiger partial charge in [0.15, 0.2) is 0 Å². The number of benzene rings is 2. The Morgan fingerprint density at radius 1 is 0.500 bits per heavy atom. The van der Waals surface area contributed by atoms with E-state index in [1.165, 1.54) is 0 Å². The summed E-state index contributed by atoms with van der Waals surface area (Å²) in [6.07, 6.45) is 0. The van der Waals surface area contributed by atoms with E-state index in [1.54, 1.807) is 0 Å². The van der Waals surface area contributed by atoms with Crippen molar-refractivity contribution in [3.63, 3.8) is 0 Å². The Hall–Kier alpha value is -2.73. The summed E-state index contributed by atoms with van der Waals surface area (Å²) < 4.78 is 0. The number of rotatable bonds is 9. The standard InChI is InChI=1S/C34H36N4.C4H11Si.Lu/c1-25(2)35-29-21-13-7-15-23-31(29)37-33(27-17-9-5-10-18-27)34(28-19-11-6-12-20-28)38-32-24-16-8-14-22-30(32)36-26(3)4;1-5(2,3)4;/h5-26,33-34H,1-4H3;1H2,2-4H3;/q-2;-1;+3. The van der Waals surface area contributed by atoms with E-state index >= 15 is 0 Å².